The van der Waals surface area contributed by atoms with Crippen LogP contribution in [0, 0.1) is 5.92 Å². The minimum atomic E-state index is -0.284. The summed E-state index contributed by atoms with van der Waals surface area (Å²) in [6, 6.07) is 5.85. The third-order valence-corrected chi connectivity index (χ3v) is 3.76. The van der Waals surface area contributed by atoms with Crippen molar-refractivity contribution in [2.45, 2.75) is 52.1 Å². The highest BCUT2D eigenvalue weighted by molar-refractivity contribution is 5.43. The molecule has 0 radical (unpaired) electrons. The van der Waals surface area contributed by atoms with E-state index in [1.807, 2.05) is 18.2 Å². The Balaban J connectivity index is 2.75. The molecule has 1 aromatic carbocycles. The lowest BCUT2D eigenvalue weighted by Crippen LogP contribution is -2.22. The van der Waals surface area contributed by atoms with Crippen molar-refractivity contribution in [2.24, 2.45) is 5.92 Å². The van der Waals surface area contributed by atoms with E-state index in [-0.39, 0.29) is 6.10 Å². The molecule has 3 heteroatoms. The molecule has 0 aliphatic carbocycles. The van der Waals surface area contributed by atoms with Crippen molar-refractivity contribution in [1.29, 1.82) is 0 Å². The summed E-state index contributed by atoms with van der Waals surface area (Å²) in [7, 11) is 3.26. The first-order chi connectivity index (χ1) is 9.65. The Bertz CT molecular complexity index is 384. The molecule has 0 fully saturated rings. The van der Waals surface area contributed by atoms with Gasteiger partial charge in [0.2, 0.25) is 0 Å². The van der Waals surface area contributed by atoms with E-state index < -0.39 is 0 Å². The number of aliphatic hydroxyl groups is 1. The van der Waals surface area contributed by atoms with E-state index in [0.717, 1.165) is 42.7 Å². The smallest absolute Gasteiger partial charge is 0.160 e. The lowest BCUT2D eigenvalue weighted by molar-refractivity contribution is 0.0963. The maximum atomic E-state index is 10.4. The van der Waals surface area contributed by atoms with E-state index in [2.05, 4.69) is 13.8 Å². The van der Waals surface area contributed by atoms with Crippen LogP contribution < -0.4 is 9.47 Å². The van der Waals surface area contributed by atoms with Crippen LogP contribution in [0.4, 0.5) is 0 Å². The summed E-state index contributed by atoms with van der Waals surface area (Å²) in [5.41, 5.74) is 1.09. The SMILES string of the molecule is CCCC(CCC)C(O)Cc1ccc(OC)c(OC)c1. The molecule has 1 rings (SSSR count). The molecule has 0 bridgehead atoms. The second-order valence-electron chi connectivity index (χ2n) is 5.30. The van der Waals surface area contributed by atoms with Crippen LogP contribution in [0.2, 0.25) is 0 Å². The van der Waals surface area contributed by atoms with Crippen molar-refractivity contribution < 1.29 is 14.6 Å². The van der Waals surface area contributed by atoms with Crippen LogP contribution in [0.1, 0.15) is 45.1 Å². The second kappa shape index (κ2) is 8.85. The molecule has 1 aromatic rings. The standard InChI is InChI=1S/C17H28O3/c1-5-7-14(8-6-2)15(18)11-13-9-10-16(19-3)17(12-13)20-4/h9-10,12,14-15,18H,5-8,11H2,1-4H3. The normalized spacial score (nSPS) is 12.5. The van der Waals surface area contributed by atoms with Gasteiger partial charge < -0.3 is 14.6 Å². The number of methoxy groups -OCH3 is 2. The molecule has 0 aromatic heterocycles. The highest BCUT2D eigenvalue weighted by atomic mass is 16.5. The van der Waals surface area contributed by atoms with Gasteiger partial charge in [0, 0.05) is 0 Å². The molecular formula is C17H28O3. The molecule has 114 valence electrons. The van der Waals surface area contributed by atoms with Crippen molar-refractivity contribution in [2.75, 3.05) is 14.2 Å². The van der Waals surface area contributed by atoms with Crippen molar-refractivity contribution >= 4 is 0 Å². The monoisotopic (exact) mass is 280 g/mol. The van der Waals surface area contributed by atoms with Gasteiger partial charge in [-0.15, -0.1) is 0 Å². The largest absolute Gasteiger partial charge is 0.493 e. The van der Waals surface area contributed by atoms with E-state index in [1.165, 1.54) is 0 Å². The Morgan fingerprint density at radius 3 is 2.10 bits per heavy atom. The second-order valence-corrected chi connectivity index (χ2v) is 5.30. The predicted molar refractivity (Wildman–Crippen MR) is 82.6 cm³/mol. The lowest BCUT2D eigenvalue weighted by atomic mass is 9.89. The molecule has 20 heavy (non-hydrogen) atoms. The first kappa shape index (κ1) is 16.8. The number of benzene rings is 1. The first-order valence-electron chi connectivity index (χ1n) is 7.55. The summed E-state index contributed by atoms with van der Waals surface area (Å²) < 4.78 is 10.5. The molecule has 0 aliphatic rings. The van der Waals surface area contributed by atoms with Gasteiger partial charge in [-0.2, -0.15) is 0 Å². The summed E-state index contributed by atoms with van der Waals surface area (Å²) in [5.74, 6) is 1.84. The fourth-order valence-electron chi connectivity index (χ4n) is 2.69. The number of hydrogen-bond acceptors (Lipinski definition) is 3. The van der Waals surface area contributed by atoms with E-state index >= 15 is 0 Å². The van der Waals surface area contributed by atoms with Gasteiger partial charge in [0.25, 0.3) is 0 Å². The Morgan fingerprint density at radius 2 is 1.60 bits per heavy atom. The van der Waals surface area contributed by atoms with Gasteiger partial charge in [-0.25, -0.2) is 0 Å². The number of rotatable bonds is 9. The minimum Gasteiger partial charge on any atom is -0.493 e. The highest BCUT2D eigenvalue weighted by Gasteiger charge is 2.18. The van der Waals surface area contributed by atoms with E-state index in [9.17, 15) is 5.11 Å². The van der Waals surface area contributed by atoms with Gasteiger partial charge in [-0.1, -0.05) is 32.8 Å². The molecule has 3 nitrogen and oxygen atoms in total. The third-order valence-electron chi connectivity index (χ3n) is 3.76. The molecule has 0 saturated carbocycles. The summed E-state index contributed by atoms with van der Waals surface area (Å²) >= 11 is 0. The van der Waals surface area contributed by atoms with Gasteiger partial charge in [0.15, 0.2) is 11.5 Å². The average molecular weight is 280 g/mol. The van der Waals surface area contributed by atoms with Gasteiger partial charge in [-0.3, -0.25) is 0 Å². The van der Waals surface area contributed by atoms with Crippen LogP contribution in [0.5, 0.6) is 11.5 Å². The zero-order chi connectivity index (χ0) is 15.0. The zero-order valence-corrected chi connectivity index (χ0v) is 13.2. The summed E-state index contributed by atoms with van der Waals surface area (Å²) in [6.45, 7) is 4.34. The molecule has 0 heterocycles. The van der Waals surface area contributed by atoms with E-state index in [0.29, 0.717) is 12.3 Å². The fourth-order valence-corrected chi connectivity index (χ4v) is 2.69. The van der Waals surface area contributed by atoms with Gasteiger partial charge >= 0.3 is 0 Å². The zero-order valence-electron chi connectivity index (χ0n) is 13.2. The number of aliphatic hydroxyl groups excluding tert-OH is 1. The molecular weight excluding hydrogens is 252 g/mol. The average Bonchev–Trinajstić information content (AvgIpc) is 2.46. The maximum Gasteiger partial charge on any atom is 0.160 e. The Labute approximate surface area is 122 Å². The Hall–Kier alpha value is -1.22. The van der Waals surface area contributed by atoms with E-state index in [4.69, 9.17) is 9.47 Å². The van der Waals surface area contributed by atoms with Crippen LogP contribution >= 0.6 is 0 Å². The maximum absolute atomic E-state index is 10.4. The molecule has 1 unspecified atom stereocenters. The van der Waals surface area contributed by atoms with Crippen LogP contribution in [0.3, 0.4) is 0 Å². The topological polar surface area (TPSA) is 38.7 Å². The van der Waals surface area contributed by atoms with Crippen molar-refractivity contribution in [1.82, 2.24) is 0 Å². The van der Waals surface area contributed by atoms with Crippen LogP contribution in [-0.2, 0) is 6.42 Å². The van der Waals surface area contributed by atoms with Crippen LogP contribution in [0.15, 0.2) is 18.2 Å². The third kappa shape index (κ3) is 4.71. The molecule has 1 atom stereocenters. The van der Waals surface area contributed by atoms with Gasteiger partial charge in [0.1, 0.15) is 0 Å². The number of ether oxygens (including phenoxy) is 2. The van der Waals surface area contributed by atoms with E-state index in [1.54, 1.807) is 14.2 Å². The summed E-state index contributed by atoms with van der Waals surface area (Å²) in [6.07, 6.45) is 4.80. The Kier molecular flexibility index (Phi) is 7.45. The van der Waals surface area contributed by atoms with Gasteiger partial charge in [0.05, 0.1) is 20.3 Å². The fraction of sp³-hybridized carbons (Fsp3) is 0.647. The highest BCUT2D eigenvalue weighted by Crippen LogP contribution is 2.29. The summed E-state index contributed by atoms with van der Waals surface area (Å²) in [5, 5.41) is 10.4. The van der Waals surface area contributed by atoms with Crippen LogP contribution in [-0.4, -0.2) is 25.4 Å². The first-order valence-corrected chi connectivity index (χ1v) is 7.55. The summed E-state index contributed by atoms with van der Waals surface area (Å²) in [4.78, 5) is 0. The quantitative estimate of drug-likeness (QED) is 0.747. The predicted octanol–water partition coefficient (Wildman–Crippen LogP) is 3.82. The van der Waals surface area contributed by atoms with Crippen molar-refractivity contribution in [3.05, 3.63) is 23.8 Å². The Morgan fingerprint density at radius 1 is 1.00 bits per heavy atom. The molecule has 0 saturated heterocycles. The molecule has 1 N–H and O–H groups in total. The molecule has 0 aliphatic heterocycles. The minimum absolute atomic E-state index is 0.284. The number of hydrogen-bond donors (Lipinski definition) is 1. The van der Waals surface area contributed by atoms with Crippen LogP contribution in [0.25, 0.3) is 0 Å². The van der Waals surface area contributed by atoms with Crippen molar-refractivity contribution in [3.8, 4) is 11.5 Å². The van der Waals surface area contributed by atoms with Crippen molar-refractivity contribution in [3.63, 3.8) is 0 Å². The molecule has 0 spiro atoms. The molecule has 0 amide bonds. The van der Waals surface area contributed by atoms with Gasteiger partial charge in [-0.05, 0) is 42.9 Å². The lowest BCUT2D eigenvalue weighted by Gasteiger charge is -2.22.